The minimum Gasteiger partial charge on any atom is -0.481 e. The summed E-state index contributed by atoms with van der Waals surface area (Å²) in [4.78, 5) is 18.4. The number of carboxylic acid groups (broad SMARTS) is 1. The van der Waals surface area contributed by atoms with Crippen LogP contribution in [0.25, 0.3) is 11.0 Å². The van der Waals surface area contributed by atoms with Crippen molar-refractivity contribution in [3.05, 3.63) is 30.1 Å². The van der Waals surface area contributed by atoms with Gasteiger partial charge in [-0.25, -0.2) is 4.98 Å². The van der Waals surface area contributed by atoms with Gasteiger partial charge in [0.05, 0.1) is 28.9 Å². The predicted octanol–water partition coefficient (Wildman–Crippen LogP) is 1.04. The predicted molar refractivity (Wildman–Crippen MR) is 60.6 cm³/mol. The van der Waals surface area contributed by atoms with Gasteiger partial charge in [-0.1, -0.05) is 6.07 Å². The molecule has 3 rings (SSSR count). The molecule has 88 valence electrons. The van der Waals surface area contributed by atoms with Gasteiger partial charge in [0.25, 0.3) is 0 Å². The first-order valence-electron chi connectivity index (χ1n) is 5.47. The van der Waals surface area contributed by atoms with Gasteiger partial charge < -0.3 is 15.2 Å². The molecule has 1 aliphatic rings. The summed E-state index contributed by atoms with van der Waals surface area (Å²) in [5.74, 6) is -0.873. The third-order valence-corrected chi connectivity index (χ3v) is 3.55. The van der Waals surface area contributed by atoms with Gasteiger partial charge in [-0.3, -0.25) is 4.79 Å². The minimum absolute atomic E-state index is 0.280. The molecule has 0 atom stereocenters. The summed E-state index contributed by atoms with van der Waals surface area (Å²) < 4.78 is 0. The first kappa shape index (κ1) is 10.3. The lowest BCUT2D eigenvalue weighted by Gasteiger charge is -2.42. The van der Waals surface area contributed by atoms with E-state index >= 15 is 0 Å². The van der Waals surface area contributed by atoms with Crippen molar-refractivity contribution in [1.82, 2.24) is 9.97 Å². The van der Waals surface area contributed by atoms with E-state index in [0.29, 0.717) is 0 Å². The fourth-order valence-corrected chi connectivity index (χ4v) is 2.51. The van der Waals surface area contributed by atoms with E-state index in [9.17, 15) is 15.0 Å². The topological polar surface area (TPSA) is 86.2 Å². The van der Waals surface area contributed by atoms with Gasteiger partial charge in [-0.15, -0.1) is 0 Å². The van der Waals surface area contributed by atoms with E-state index in [2.05, 4.69) is 9.97 Å². The largest absolute Gasteiger partial charge is 0.481 e. The van der Waals surface area contributed by atoms with Crippen LogP contribution in [0.3, 0.4) is 0 Å². The molecule has 5 heteroatoms. The Morgan fingerprint density at radius 2 is 2.24 bits per heavy atom. The maximum atomic E-state index is 11.4. The number of nitrogens with one attached hydrogen (secondary N) is 1. The second-order valence-corrected chi connectivity index (χ2v) is 4.58. The fourth-order valence-electron chi connectivity index (χ4n) is 2.51. The molecule has 0 aliphatic heterocycles. The van der Waals surface area contributed by atoms with Crippen LogP contribution in [0.2, 0.25) is 0 Å². The molecule has 0 unspecified atom stereocenters. The number of fused-ring (bicyclic) bond motifs is 1. The Kier molecular flexibility index (Phi) is 2.00. The SMILES string of the molecule is O=C(O)C1(c2ccc3nc[nH]c3c2)CC(O)C1. The number of rotatable bonds is 2. The lowest BCUT2D eigenvalue weighted by Crippen LogP contribution is -2.50. The molecule has 2 aromatic rings. The van der Waals surface area contributed by atoms with Gasteiger partial charge in [-0.05, 0) is 30.5 Å². The van der Waals surface area contributed by atoms with Crippen molar-refractivity contribution >= 4 is 17.0 Å². The van der Waals surface area contributed by atoms with E-state index in [4.69, 9.17) is 0 Å². The fraction of sp³-hybridized carbons (Fsp3) is 0.333. The molecular formula is C12H12N2O3. The monoisotopic (exact) mass is 232 g/mol. The molecule has 1 aromatic carbocycles. The third-order valence-electron chi connectivity index (χ3n) is 3.55. The summed E-state index contributed by atoms with van der Waals surface area (Å²) >= 11 is 0. The average molecular weight is 232 g/mol. The standard InChI is InChI=1S/C12H12N2O3/c15-8-4-12(5-8,11(16)17)7-1-2-9-10(3-7)14-6-13-9/h1-3,6,8,15H,4-5H2,(H,13,14)(H,16,17). The highest BCUT2D eigenvalue weighted by molar-refractivity contribution is 5.85. The van der Waals surface area contributed by atoms with Crippen LogP contribution in [0.4, 0.5) is 0 Å². The van der Waals surface area contributed by atoms with E-state index in [1.807, 2.05) is 6.07 Å². The summed E-state index contributed by atoms with van der Waals surface area (Å²) in [6.07, 6.45) is 1.63. The van der Waals surface area contributed by atoms with Gasteiger partial charge in [0.1, 0.15) is 0 Å². The van der Waals surface area contributed by atoms with E-state index < -0.39 is 17.5 Å². The molecule has 1 saturated carbocycles. The van der Waals surface area contributed by atoms with Crippen LogP contribution in [0.15, 0.2) is 24.5 Å². The summed E-state index contributed by atoms with van der Waals surface area (Å²) in [6, 6.07) is 5.39. The van der Waals surface area contributed by atoms with E-state index in [1.54, 1.807) is 18.5 Å². The van der Waals surface area contributed by atoms with Gasteiger partial charge in [-0.2, -0.15) is 0 Å². The lowest BCUT2D eigenvalue weighted by atomic mass is 9.63. The van der Waals surface area contributed by atoms with Gasteiger partial charge in [0, 0.05) is 0 Å². The number of hydrogen-bond acceptors (Lipinski definition) is 3. The van der Waals surface area contributed by atoms with Crippen LogP contribution in [0.5, 0.6) is 0 Å². The second-order valence-electron chi connectivity index (χ2n) is 4.58. The third kappa shape index (κ3) is 1.36. The number of aliphatic carboxylic acids is 1. The van der Waals surface area contributed by atoms with Gasteiger partial charge >= 0.3 is 5.97 Å². The maximum Gasteiger partial charge on any atom is 0.314 e. The van der Waals surface area contributed by atoms with Gasteiger partial charge in [0.2, 0.25) is 0 Å². The van der Waals surface area contributed by atoms with Crippen LogP contribution >= 0.6 is 0 Å². The minimum atomic E-state index is -0.932. The summed E-state index contributed by atoms with van der Waals surface area (Å²) in [5.41, 5.74) is 1.43. The Balaban J connectivity index is 2.09. The number of benzene rings is 1. The number of aliphatic hydroxyl groups excluding tert-OH is 1. The van der Waals surface area contributed by atoms with Crippen molar-refractivity contribution in [2.24, 2.45) is 0 Å². The van der Waals surface area contributed by atoms with E-state index in [0.717, 1.165) is 16.6 Å². The smallest absolute Gasteiger partial charge is 0.314 e. The van der Waals surface area contributed by atoms with Crippen molar-refractivity contribution < 1.29 is 15.0 Å². The molecule has 0 amide bonds. The number of carbonyl (C=O) groups is 1. The molecule has 1 aromatic heterocycles. The molecule has 0 bridgehead atoms. The maximum absolute atomic E-state index is 11.4. The van der Waals surface area contributed by atoms with Gasteiger partial charge in [0.15, 0.2) is 0 Å². The Morgan fingerprint density at radius 1 is 1.47 bits per heavy atom. The number of hydrogen-bond donors (Lipinski definition) is 3. The highest BCUT2D eigenvalue weighted by Crippen LogP contribution is 2.44. The number of aromatic nitrogens is 2. The molecule has 0 spiro atoms. The zero-order valence-electron chi connectivity index (χ0n) is 9.05. The Morgan fingerprint density at radius 3 is 2.88 bits per heavy atom. The number of nitrogens with zero attached hydrogens (tertiary/aromatic N) is 1. The van der Waals surface area contributed by atoms with E-state index in [-0.39, 0.29) is 12.8 Å². The van der Waals surface area contributed by atoms with Crippen molar-refractivity contribution in [3.63, 3.8) is 0 Å². The summed E-state index contributed by atoms with van der Waals surface area (Å²) in [7, 11) is 0. The number of aliphatic hydroxyl groups is 1. The van der Waals surface area contributed by atoms with Crippen LogP contribution in [-0.2, 0) is 10.2 Å². The van der Waals surface area contributed by atoms with Crippen molar-refractivity contribution in [3.8, 4) is 0 Å². The second kappa shape index (κ2) is 3.30. The van der Waals surface area contributed by atoms with Crippen molar-refractivity contribution in [2.75, 3.05) is 0 Å². The Hall–Kier alpha value is -1.88. The zero-order valence-corrected chi connectivity index (χ0v) is 9.05. The summed E-state index contributed by atoms with van der Waals surface area (Å²) in [6.45, 7) is 0. The first-order valence-corrected chi connectivity index (χ1v) is 5.47. The number of H-pyrrole nitrogens is 1. The van der Waals surface area contributed by atoms with Crippen LogP contribution in [0.1, 0.15) is 18.4 Å². The molecule has 1 aliphatic carbocycles. The molecule has 5 nitrogen and oxygen atoms in total. The van der Waals surface area contributed by atoms with Crippen LogP contribution < -0.4 is 0 Å². The highest BCUT2D eigenvalue weighted by atomic mass is 16.4. The summed E-state index contributed by atoms with van der Waals surface area (Å²) in [5, 5.41) is 18.7. The lowest BCUT2D eigenvalue weighted by molar-refractivity contribution is -0.152. The first-order chi connectivity index (χ1) is 8.12. The molecular weight excluding hydrogens is 220 g/mol. The average Bonchev–Trinajstić information content (AvgIpc) is 2.70. The number of carboxylic acids is 1. The highest BCUT2D eigenvalue weighted by Gasteiger charge is 2.51. The molecule has 0 radical (unpaired) electrons. The number of aromatic amines is 1. The Bertz CT molecular complexity index is 584. The molecule has 3 N–H and O–H groups in total. The van der Waals surface area contributed by atoms with Crippen LogP contribution in [-0.4, -0.2) is 32.3 Å². The normalized spacial score (nSPS) is 27.9. The van der Waals surface area contributed by atoms with Crippen molar-refractivity contribution in [1.29, 1.82) is 0 Å². The van der Waals surface area contributed by atoms with E-state index in [1.165, 1.54) is 0 Å². The molecule has 0 saturated heterocycles. The zero-order chi connectivity index (χ0) is 12.0. The molecule has 17 heavy (non-hydrogen) atoms. The molecule has 1 heterocycles. The number of imidazole rings is 1. The quantitative estimate of drug-likeness (QED) is 0.722. The van der Waals surface area contributed by atoms with Crippen LogP contribution in [0, 0.1) is 0 Å². The molecule has 1 fully saturated rings. The van der Waals surface area contributed by atoms with Crippen molar-refractivity contribution in [2.45, 2.75) is 24.4 Å². The Labute approximate surface area is 97.1 Å².